The van der Waals surface area contributed by atoms with Crippen LogP contribution >= 0.6 is 11.3 Å². The van der Waals surface area contributed by atoms with Gasteiger partial charge in [-0.05, 0) is 62.0 Å². The Morgan fingerprint density at radius 1 is 1.18 bits per heavy atom. The number of hydrogen-bond acceptors (Lipinski definition) is 5. The van der Waals surface area contributed by atoms with Gasteiger partial charge in [0.25, 0.3) is 5.91 Å². The Morgan fingerprint density at radius 3 is 2.76 bits per heavy atom. The van der Waals surface area contributed by atoms with Gasteiger partial charge in [0.05, 0.1) is 23.4 Å². The number of anilines is 1. The van der Waals surface area contributed by atoms with Crippen molar-refractivity contribution in [2.24, 2.45) is 0 Å². The van der Waals surface area contributed by atoms with Crippen LogP contribution in [0.15, 0.2) is 41.8 Å². The van der Waals surface area contributed by atoms with Crippen molar-refractivity contribution in [1.82, 2.24) is 14.8 Å². The quantitative estimate of drug-likeness (QED) is 0.488. The molecule has 0 atom stereocenters. The summed E-state index contributed by atoms with van der Waals surface area (Å²) in [4.78, 5) is 30.5. The zero-order valence-electron chi connectivity index (χ0n) is 19.4. The minimum atomic E-state index is -0.133. The number of carbonyl (C=O) groups excluding carboxylic acids is 2. The van der Waals surface area contributed by atoms with E-state index in [2.05, 4.69) is 10.2 Å². The van der Waals surface area contributed by atoms with E-state index in [0.29, 0.717) is 18.8 Å². The van der Waals surface area contributed by atoms with E-state index in [1.54, 1.807) is 16.2 Å². The molecule has 3 heterocycles. The van der Waals surface area contributed by atoms with E-state index >= 15 is 0 Å². The van der Waals surface area contributed by atoms with Crippen molar-refractivity contribution in [3.63, 3.8) is 0 Å². The van der Waals surface area contributed by atoms with E-state index < -0.39 is 0 Å². The van der Waals surface area contributed by atoms with Gasteiger partial charge < -0.3 is 19.5 Å². The molecule has 7 nitrogen and oxygen atoms in total. The summed E-state index contributed by atoms with van der Waals surface area (Å²) in [6.45, 7) is 9.69. The third-order valence-electron chi connectivity index (χ3n) is 6.02. The van der Waals surface area contributed by atoms with E-state index in [0.717, 1.165) is 60.7 Å². The van der Waals surface area contributed by atoms with Crippen molar-refractivity contribution in [2.45, 2.75) is 26.8 Å². The normalized spacial score (nSPS) is 14.5. The zero-order valence-corrected chi connectivity index (χ0v) is 20.2. The van der Waals surface area contributed by atoms with Gasteiger partial charge in [0.1, 0.15) is 12.2 Å². The van der Waals surface area contributed by atoms with E-state index in [-0.39, 0.29) is 18.4 Å². The highest BCUT2D eigenvalue weighted by Gasteiger charge is 2.21. The van der Waals surface area contributed by atoms with Crippen LogP contribution < -0.4 is 10.2 Å². The molecule has 1 fully saturated rings. The fourth-order valence-corrected chi connectivity index (χ4v) is 5.10. The van der Waals surface area contributed by atoms with Crippen LogP contribution in [0.25, 0.3) is 10.2 Å². The molecule has 1 aromatic carbocycles. The summed E-state index contributed by atoms with van der Waals surface area (Å²) in [5, 5.41) is 5.04. The summed E-state index contributed by atoms with van der Waals surface area (Å²) in [5.41, 5.74) is 3.45. The summed E-state index contributed by atoms with van der Waals surface area (Å²) in [6, 6.07) is 11.8. The van der Waals surface area contributed by atoms with E-state index in [9.17, 15) is 9.59 Å². The second kappa shape index (κ2) is 11.0. The van der Waals surface area contributed by atoms with E-state index in [1.165, 1.54) is 0 Å². The Balaban J connectivity index is 1.44. The molecule has 4 rings (SSSR count). The van der Waals surface area contributed by atoms with Gasteiger partial charge in [-0.3, -0.25) is 14.5 Å². The molecule has 1 saturated heterocycles. The van der Waals surface area contributed by atoms with Crippen LogP contribution in [0, 0.1) is 6.92 Å². The van der Waals surface area contributed by atoms with E-state index in [1.807, 2.05) is 60.2 Å². The van der Waals surface area contributed by atoms with Crippen LogP contribution in [0.3, 0.4) is 0 Å². The Hall–Kier alpha value is -2.68. The zero-order chi connectivity index (χ0) is 23.2. The standard InChI is InChI=1S/C25H32N4O3S/c1-3-28(20-7-4-6-19(2)16-20)24(30)18-29-21-8-15-33-23(21)17-22(29)25(31)26-9-5-10-27-11-13-32-14-12-27/h4,6-8,15-17H,3,5,9-14,18H2,1-2H3,(H,26,31). The second-order valence-electron chi connectivity index (χ2n) is 8.33. The van der Waals surface area contributed by atoms with Crippen LogP contribution in [-0.4, -0.2) is 67.2 Å². The van der Waals surface area contributed by atoms with Crippen LogP contribution in [0.2, 0.25) is 0 Å². The van der Waals surface area contributed by atoms with Crippen molar-refractivity contribution >= 4 is 39.1 Å². The lowest BCUT2D eigenvalue weighted by Crippen LogP contribution is -2.38. The van der Waals surface area contributed by atoms with Gasteiger partial charge in [-0.25, -0.2) is 0 Å². The number of fused-ring (bicyclic) bond motifs is 1. The summed E-state index contributed by atoms with van der Waals surface area (Å²) >= 11 is 1.58. The molecule has 8 heteroatoms. The van der Waals surface area contributed by atoms with Gasteiger partial charge in [0, 0.05) is 31.9 Å². The largest absolute Gasteiger partial charge is 0.379 e. The predicted molar refractivity (Wildman–Crippen MR) is 133 cm³/mol. The number of ether oxygens (including phenoxy) is 1. The number of benzene rings is 1. The molecule has 0 saturated carbocycles. The minimum Gasteiger partial charge on any atom is -0.379 e. The molecule has 1 aliphatic heterocycles. The van der Waals surface area contributed by atoms with E-state index in [4.69, 9.17) is 4.74 Å². The number of carbonyl (C=O) groups is 2. The molecular formula is C25H32N4O3S. The molecule has 1 aliphatic rings. The van der Waals surface area contributed by atoms with Crippen molar-refractivity contribution in [2.75, 3.05) is 50.8 Å². The van der Waals surface area contributed by atoms with Gasteiger partial charge in [0.15, 0.2) is 0 Å². The number of nitrogens with zero attached hydrogens (tertiary/aromatic N) is 3. The molecule has 0 spiro atoms. The molecule has 33 heavy (non-hydrogen) atoms. The second-order valence-corrected chi connectivity index (χ2v) is 9.27. The smallest absolute Gasteiger partial charge is 0.267 e. The average molecular weight is 469 g/mol. The third-order valence-corrected chi connectivity index (χ3v) is 6.87. The van der Waals surface area contributed by atoms with Crippen LogP contribution in [0.5, 0.6) is 0 Å². The number of likely N-dealkylation sites (N-methyl/N-ethyl adjacent to an activating group) is 1. The van der Waals surface area contributed by atoms with Crippen LogP contribution in [-0.2, 0) is 16.1 Å². The van der Waals surface area contributed by atoms with Crippen molar-refractivity contribution in [3.05, 3.63) is 53.0 Å². The molecule has 3 aromatic rings. The highest BCUT2D eigenvalue weighted by atomic mass is 32.1. The molecule has 0 bridgehead atoms. The molecule has 1 N–H and O–H groups in total. The van der Waals surface area contributed by atoms with Gasteiger partial charge in [-0.1, -0.05) is 12.1 Å². The molecule has 0 radical (unpaired) electrons. The maximum atomic E-state index is 13.3. The number of aromatic nitrogens is 1. The van der Waals surface area contributed by atoms with Crippen LogP contribution in [0.4, 0.5) is 5.69 Å². The summed E-state index contributed by atoms with van der Waals surface area (Å²) in [5.74, 6) is -0.167. The maximum absolute atomic E-state index is 13.3. The first kappa shape index (κ1) is 23.5. The lowest BCUT2D eigenvalue weighted by Gasteiger charge is -2.26. The Labute approximate surface area is 198 Å². The summed E-state index contributed by atoms with van der Waals surface area (Å²) in [6.07, 6.45) is 0.886. The Kier molecular flexibility index (Phi) is 7.80. The lowest BCUT2D eigenvalue weighted by atomic mass is 10.2. The first-order chi connectivity index (χ1) is 16.1. The molecule has 2 aromatic heterocycles. The summed E-state index contributed by atoms with van der Waals surface area (Å²) < 4.78 is 8.25. The van der Waals surface area contributed by atoms with Crippen molar-refractivity contribution in [1.29, 1.82) is 0 Å². The third kappa shape index (κ3) is 5.63. The molecule has 0 unspecified atom stereocenters. The first-order valence-electron chi connectivity index (χ1n) is 11.6. The predicted octanol–water partition coefficient (Wildman–Crippen LogP) is 3.52. The topological polar surface area (TPSA) is 66.8 Å². The molecular weight excluding hydrogens is 436 g/mol. The number of hydrogen-bond donors (Lipinski definition) is 1. The molecule has 0 aliphatic carbocycles. The van der Waals surface area contributed by atoms with Crippen LogP contribution in [0.1, 0.15) is 29.4 Å². The molecule has 176 valence electrons. The lowest BCUT2D eigenvalue weighted by molar-refractivity contribution is -0.119. The number of morpholine rings is 1. The number of nitrogens with one attached hydrogen (secondary N) is 1. The van der Waals surface area contributed by atoms with Crippen molar-refractivity contribution in [3.8, 4) is 0 Å². The van der Waals surface area contributed by atoms with Crippen molar-refractivity contribution < 1.29 is 14.3 Å². The summed E-state index contributed by atoms with van der Waals surface area (Å²) in [7, 11) is 0. The minimum absolute atomic E-state index is 0.0341. The first-order valence-corrected chi connectivity index (χ1v) is 12.5. The number of amides is 2. The SMILES string of the molecule is CCN(C(=O)Cn1c(C(=O)NCCCN2CCOCC2)cc2sccc21)c1cccc(C)c1. The van der Waals surface area contributed by atoms with Gasteiger partial charge >= 0.3 is 0 Å². The highest BCUT2D eigenvalue weighted by Crippen LogP contribution is 2.26. The van der Waals surface area contributed by atoms with Gasteiger partial charge in [-0.2, -0.15) is 0 Å². The maximum Gasteiger partial charge on any atom is 0.267 e. The number of rotatable bonds is 9. The fraction of sp³-hybridized carbons (Fsp3) is 0.440. The highest BCUT2D eigenvalue weighted by molar-refractivity contribution is 7.17. The monoisotopic (exact) mass is 468 g/mol. The number of aryl methyl sites for hydroxylation is 1. The van der Waals surface area contributed by atoms with Gasteiger partial charge in [0.2, 0.25) is 5.91 Å². The Morgan fingerprint density at radius 2 is 2.00 bits per heavy atom. The fourth-order valence-electron chi connectivity index (χ4n) is 4.27. The Bertz CT molecular complexity index is 1100. The molecule has 2 amide bonds. The number of thiophene rings is 1. The average Bonchev–Trinajstić information content (AvgIpc) is 3.41. The van der Waals surface area contributed by atoms with Gasteiger partial charge in [-0.15, -0.1) is 11.3 Å².